The highest BCUT2D eigenvalue weighted by Crippen LogP contribution is 2.17. The summed E-state index contributed by atoms with van der Waals surface area (Å²) in [5.41, 5.74) is 0. The van der Waals surface area contributed by atoms with Crippen molar-refractivity contribution in [2.75, 3.05) is 47.5 Å². The van der Waals surface area contributed by atoms with Crippen LogP contribution in [-0.4, -0.2) is 82.3 Å². The van der Waals surface area contributed by atoms with E-state index in [0.717, 1.165) is 77.0 Å². The smallest absolute Gasteiger partial charge is 0.306 e. The summed E-state index contributed by atoms with van der Waals surface area (Å²) in [5.74, 6) is -2.28. The molecule has 0 radical (unpaired) electrons. The molecule has 0 N–H and O–H groups in total. The van der Waals surface area contributed by atoms with Crippen LogP contribution in [0.4, 0.5) is 0 Å². The van der Waals surface area contributed by atoms with Crippen LogP contribution in [0.5, 0.6) is 0 Å². The lowest BCUT2D eigenvalue weighted by atomic mass is 10.0. The van der Waals surface area contributed by atoms with Crippen LogP contribution in [0.1, 0.15) is 296 Å². The summed E-state index contributed by atoms with van der Waals surface area (Å²) >= 11 is 0. The Morgan fingerprint density at radius 1 is 0.392 bits per heavy atom. The number of carbonyl (C=O) groups excluding carboxylic acids is 3. The molecule has 0 saturated carbocycles. The number of unbranched alkanes of at least 4 members (excludes halogenated alkanes) is 34. The van der Waals surface area contributed by atoms with Crippen LogP contribution in [0.15, 0.2) is 72.9 Å². The Hall–Kier alpha value is -3.27. The van der Waals surface area contributed by atoms with Crippen molar-refractivity contribution in [2.24, 2.45) is 0 Å². The van der Waals surface area contributed by atoms with E-state index in [1.807, 2.05) is 21.1 Å². The Balaban J connectivity index is 4.11. The second-order valence-corrected chi connectivity index (χ2v) is 23.4. The Labute approximate surface area is 487 Å². The van der Waals surface area contributed by atoms with Crippen LogP contribution in [0.25, 0.3) is 0 Å². The van der Waals surface area contributed by atoms with Gasteiger partial charge in [0.05, 0.1) is 40.3 Å². The van der Waals surface area contributed by atoms with Gasteiger partial charge >= 0.3 is 11.9 Å². The molecule has 9 heteroatoms. The highest BCUT2D eigenvalue weighted by atomic mass is 16.7. The first-order valence-electron chi connectivity index (χ1n) is 33.1. The number of carboxylic acid groups (broad SMARTS) is 1. The first-order chi connectivity index (χ1) is 38.6. The number of hydrogen-bond donors (Lipinski definition) is 0. The Kier molecular flexibility index (Phi) is 58.3. The van der Waals surface area contributed by atoms with Gasteiger partial charge in [0, 0.05) is 12.8 Å². The van der Waals surface area contributed by atoms with Crippen LogP contribution >= 0.6 is 0 Å². The maximum Gasteiger partial charge on any atom is 0.306 e. The number of likely N-dealkylation sites (N-methyl/N-ethyl adjacent to an activating group) is 1. The normalized spacial score (nSPS) is 13.2. The number of allylic oxidation sites excluding steroid dienone is 12. The SMILES string of the molecule is CC/C=C\C/C=C\C/C=C\C/C=C\CCCCCCCCCCCCC(=O)OC(COC(=O)CCCCCCCCCCCCCCCCCCCCC/C=C\C/C=C\CCCCCCC)COC(OCC[N+](C)(C)C)C(=O)[O-]. The van der Waals surface area contributed by atoms with E-state index in [1.165, 1.54) is 186 Å². The van der Waals surface area contributed by atoms with Crippen molar-refractivity contribution in [1.29, 1.82) is 0 Å². The summed E-state index contributed by atoms with van der Waals surface area (Å²) in [6.45, 7) is 4.65. The fourth-order valence-corrected chi connectivity index (χ4v) is 9.38. The third kappa shape index (κ3) is 62.2. The Bertz CT molecular complexity index is 1520. The molecule has 0 aliphatic heterocycles. The van der Waals surface area contributed by atoms with Gasteiger partial charge in [-0.25, -0.2) is 0 Å². The third-order valence-corrected chi connectivity index (χ3v) is 14.4. The Morgan fingerprint density at radius 3 is 1.08 bits per heavy atom. The second kappa shape index (κ2) is 60.8. The van der Waals surface area contributed by atoms with E-state index in [-0.39, 0.29) is 32.2 Å². The molecule has 0 amide bonds. The van der Waals surface area contributed by atoms with Gasteiger partial charge in [0.25, 0.3) is 0 Å². The minimum Gasteiger partial charge on any atom is -0.545 e. The zero-order valence-electron chi connectivity index (χ0n) is 52.2. The van der Waals surface area contributed by atoms with Crippen molar-refractivity contribution >= 4 is 17.9 Å². The van der Waals surface area contributed by atoms with E-state index in [9.17, 15) is 19.5 Å². The topological polar surface area (TPSA) is 111 Å². The molecular weight excluding hydrogens is 983 g/mol. The summed E-state index contributed by atoms with van der Waals surface area (Å²) in [4.78, 5) is 37.4. The summed E-state index contributed by atoms with van der Waals surface area (Å²) < 4.78 is 22.8. The van der Waals surface area contributed by atoms with E-state index < -0.39 is 24.3 Å². The summed E-state index contributed by atoms with van der Waals surface area (Å²) in [5, 5.41) is 11.8. The quantitative estimate of drug-likeness (QED) is 0.0195. The Morgan fingerprint density at radius 2 is 0.722 bits per heavy atom. The van der Waals surface area contributed by atoms with Gasteiger partial charge in [-0.05, 0) is 83.5 Å². The largest absolute Gasteiger partial charge is 0.545 e. The van der Waals surface area contributed by atoms with Crippen molar-refractivity contribution in [2.45, 2.75) is 309 Å². The lowest BCUT2D eigenvalue weighted by Crippen LogP contribution is -2.44. The zero-order chi connectivity index (χ0) is 57.6. The molecule has 0 bridgehead atoms. The van der Waals surface area contributed by atoms with Gasteiger partial charge < -0.3 is 33.3 Å². The fraction of sp³-hybridized carbons (Fsp3) is 0.786. The molecule has 0 aromatic heterocycles. The van der Waals surface area contributed by atoms with Gasteiger partial charge in [-0.15, -0.1) is 0 Å². The first kappa shape index (κ1) is 75.7. The monoisotopic (exact) mass is 1110 g/mol. The lowest BCUT2D eigenvalue weighted by molar-refractivity contribution is -0.870. The predicted molar refractivity (Wildman–Crippen MR) is 334 cm³/mol. The zero-order valence-corrected chi connectivity index (χ0v) is 52.2. The fourth-order valence-electron chi connectivity index (χ4n) is 9.38. The second-order valence-electron chi connectivity index (χ2n) is 23.4. The molecule has 9 nitrogen and oxygen atoms in total. The van der Waals surface area contributed by atoms with Gasteiger partial charge in [0.2, 0.25) is 0 Å². The molecule has 0 heterocycles. The molecule has 0 spiro atoms. The number of ether oxygens (including phenoxy) is 4. The standard InChI is InChI=1S/C70H125NO8/c1-6-8-10-12-14-16-18-20-22-24-26-28-30-31-32-33-34-35-36-37-39-40-42-44-46-48-50-52-54-56-58-60-67(72)77-64-66(65-78-70(69(74)75)76-63-62-71(3,4)5)79-68(73)61-59-57-55-53-51-49-47-45-43-41-38-29-27-25-23-21-19-17-15-13-11-9-7-2/h9,11,15,17-18,20-21,23-24,26-27,29,66,70H,6-8,10,12-14,16,19,22,25,28,30-65H2,1-5H3/b11-9-,17-15-,20-18-,23-21-,26-24-,29-27-. The molecule has 0 aromatic carbocycles. The average Bonchev–Trinajstić information content (AvgIpc) is 3.42. The van der Waals surface area contributed by atoms with Crippen molar-refractivity contribution in [3.8, 4) is 0 Å². The average molecular weight is 1110 g/mol. The highest BCUT2D eigenvalue weighted by Gasteiger charge is 2.22. The van der Waals surface area contributed by atoms with Crippen LogP contribution in [0, 0.1) is 0 Å². The van der Waals surface area contributed by atoms with Crippen LogP contribution < -0.4 is 5.11 Å². The minimum absolute atomic E-state index is 0.146. The van der Waals surface area contributed by atoms with Crippen molar-refractivity contribution in [3.63, 3.8) is 0 Å². The van der Waals surface area contributed by atoms with Gasteiger partial charge in [-0.3, -0.25) is 9.59 Å². The van der Waals surface area contributed by atoms with E-state index in [0.29, 0.717) is 23.9 Å². The van der Waals surface area contributed by atoms with Crippen LogP contribution in [0.2, 0.25) is 0 Å². The van der Waals surface area contributed by atoms with Gasteiger partial charge in [-0.1, -0.05) is 273 Å². The predicted octanol–water partition coefficient (Wildman–Crippen LogP) is 18.8. The number of esters is 2. The molecule has 458 valence electrons. The van der Waals surface area contributed by atoms with Crippen molar-refractivity contribution in [3.05, 3.63) is 72.9 Å². The highest BCUT2D eigenvalue weighted by molar-refractivity contribution is 5.70. The molecule has 0 fully saturated rings. The summed E-state index contributed by atoms with van der Waals surface area (Å²) in [7, 11) is 5.93. The van der Waals surface area contributed by atoms with Crippen LogP contribution in [-0.2, 0) is 33.3 Å². The van der Waals surface area contributed by atoms with E-state index in [1.54, 1.807) is 0 Å². The number of quaternary nitrogens is 1. The van der Waals surface area contributed by atoms with Gasteiger partial charge in [0.15, 0.2) is 12.4 Å². The molecule has 2 atom stereocenters. The molecule has 0 rings (SSSR count). The number of nitrogens with zero attached hydrogens (tertiary/aromatic N) is 1. The molecular formula is C70H125NO8. The van der Waals surface area contributed by atoms with Crippen molar-refractivity contribution < 1.29 is 42.9 Å². The van der Waals surface area contributed by atoms with Gasteiger partial charge in [0.1, 0.15) is 13.2 Å². The number of rotatable bonds is 61. The molecule has 0 aliphatic rings. The molecule has 2 unspecified atom stereocenters. The molecule has 79 heavy (non-hydrogen) atoms. The van der Waals surface area contributed by atoms with Gasteiger partial charge in [-0.2, -0.15) is 0 Å². The number of hydrogen-bond acceptors (Lipinski definition) is 8. The van der Waals surface area contributed by atoms with E-state index in [2.05, 4.69) is 86.8 Å². The minimum atomic E-state index is -1.62. The molecule has 0 aliphatic carbocycles. The summed E-state index contributed by atoms with van der Waals surface area (Å²) in [6, 6.07) is 0. The van der Waals surface area contributed by atoms with Crippen LogP contribution in [0.3, 0.4) is 0 Å². The number of carboxylic acids is 1. The molecule has 0 aromatic rings. The number of carbonyl (C=O) groups is 3. The third-order valence-electron chi connectivity index (χ3n) is 14.4. The summed E-state index contributed by atoms with van der Waals surface area (Å²) in [6.07, 6.45) is 76.9. The van der Waals surface area contributed by atoms with E-state index in [4.69, 9.17) is 18.9 Å². The van der Waals surface area contributed by atoms with E-state index >= 15 is 0 Å². The molecule has 0 saturated heterocycles. The lowest BCUT2D eigenvalue weighted by Gasteiger charge is -2.26. The maximum atomic E-state index is 12.9. The first-order valence-corrected chi connectivity index (χ1v) is 33.1. The number of aliphatic carboxylic acids is 1. The van der Waals surface area contributed by atoms with Crippen molar-refractivity contribution in [1.82, 2.24) is 0 Å². The maximum absolute atomic E-state index is 12.9.